The van der Waals surface area contributed by atoms with E-state index < -0.39 is 0 Å². The molecule has 118 valence electrons. The van der Waals surface area contributed by atoms with Crippen molar-refractivity contribution in [2.24, 2.45) is 0 Å². The van der Waals surface area contributed by atoms with E-state index in [1.807, 2.05) is 41.8 Å². The van der Waals surface area contributed by atoms with Crippen molar-refractivity contribution in [2.45, 2.75) is 19.6 Å². The zero-order valence-electron chi connectivity index (χ0n) is 12.5. The number of urea groups is 1. The van der Waals surface area contributed by atoms with Crippen LogP contribution in [-0.4, -0.2) is 15.9 Å². The van der Waals surface area contributed by atoms with E-state index in [4.69, 9.17) is 4.42 Å². The number of amides is 2. The lowest BCUT2D eigenvalue weighted by atomic mass is 10.3. The van der Waals surface area contributed by atoms with Crippen LogP contribution < -0.4 is 5.32 Å². The van der Waals surface area contributed by atoms with Gasteiger partial charge >= 0.3 is 6.03 Å². The van der Waals surface area contributed by atoms with E-state index in [2.05, 4.69) is 10.3 Å². The molecule has 0 aromatic carbocycles. The van der Waals surface area contributed by atoms with Gasteiger partial charge in [0, 0.05) is 23.8 Å². The standard InChI is InChI=1S/C17H17N3O2S/c21-17(19-11-14-4-1-7-18-10-14)20(12-15-5-2-8-22-15)13-16-6-3-9-23-16/h1-10H,11-13H2,(H,19,21). The molecule has 0 radical (unpaired) electrons. The van der Waals surface area contributed by atoms with Gasteiger partial charge in [-0.15, -0.1) is 11.3 Å². The predicted molar refractivity (Wildman–Crippen MR) is 88.7 cm³/mol. The van der Waals surface area contributed by atoms with E-state index in [0.717, 1.165) is 16.2 Å². The summed E-state index contributed by atoms with van der Waals surface area (Å²) in [4.78, 5) is 19.4. The Bertz CT molecular complexity index is 675. The van der Waals surface area contributed by atoms with E-state index in [0.29, 0.717) is 19.6 Å². The van der Waals surface area contributed by atoms with Crippen LogP contribution in [0.2, 0.25) is 0 Å². The van der Waals surface area contributed by atoms with Crippen LogP contribution in [0.3, 0.4) is 0 Å². The lowest BCUT2D eigenvalue weighted by molar-refractivity contribution is 0.187. The number of carbonyl (C=O) groups excluding carboxylic acids is 1. The quantitative estimate of drug-likeness (QED) is 0.752. The summed E-state index contributed by atoms with van der Waals surface area (Å²) in [6.45, 7) is 1.44. The van der Waals surface area contributed by atoms with Gasteiger partial charge in [-0.25, -0.2) is 4.79 Å². The van der Waals surface area contributed by atoms with Gasteiger partial charge in [0.2, 0.25) is 0 Å². The summed E-state index contributed by atoms with van der Waals surface area (Å²) in [6, 6.07) is 11.4. The largest absolute Gasteiger partial charge is 0.467 e. The number of carbonyl (C=O) groups is 1. The van der Waals surface area contributed by atoms with Crippen LogP contribution in [-0.2, 0) is 19.6 Å². The van der Waals surface area contributed by atoms with Crippen LogP contribution in [0.4, 0.5) is 4.79 Å². The van der Waals surface area contributed by atoms with Crippen molar-refractivity contribution >= 4 is 17.4 Å². The molecule has 0 bridgehead atoms. The Hall–Kier alpha value is -2.60. The van der Waals surface area contributed by atoms with Gasteiger partial charge in [-0.3, -0.25) is 4.98 Å². The summed E-state index contributed by atoms with van der Waals surface area (Å²) >= 11 is 1.63. The molecule has 6 heteroatoms. The van der Waals surface area contributed by atoms with Gasteiger partial charge in [-0.05, 0) is 35.2 Å². The molecular weight excluding hydrogens is 310 g/mol. The monoisotopic (exact) mass is 327 g/mol. The SMILES string of the molecule is O=C(NCc1cccnc1)N(Cc1ccco1)Cc1cccs1. The lowest BCUT2D eigenvalue weighted by Crippen LogP contribution is -2.38. The van der Waals surface area contributed by atoms with E-state index >= 15 is 0 Å². The number of hydrogen-bond donors (Lipinski definition) is 1. The molecule has 0 unspecified atom stereocenters. The summed E-state index contributed by atoms with van der Waals surface area (Å²) in [5.41, 5.74) is 0.968. The number of rotatable bonds is 6. The summed E-state index contributed by atoms with van der Waals surface area (Å²) in [7, 11) is 0. The average molecular weight is 327 g/mol. The first kappa shape index (κ1) is 15.3. The second kappa shape index (κ2) is 7.60. The molecule has 3 aromatic heterocycles. The minimum absolute atomic E-state index is 0.126. The van der Waals surface area contributed by atoms with Crippen LogP contribution in [0.15, 0.2) is 64.9 Å². The first-order valence-corrected chi connectivity index (χ1v) is 8.15. The molecule has 3 aromatic rings. The molecule has 5 nitrogen and oxygen atoms in total. The number of thiophene rings is 1. The first-order valence-electron chi connectivity index (χ1n) is 7.28. The highest BCUT2D eigenvalue weighted by molar-refractivity contribution is 7.09. The zero-order valence-corrected chi connectivity index (χ0v) is 13.3. The average Bonchev–Trinajstić information content (AvgIpc) is 3.27. The fourth-order valence-electron chi connectivity index (χ4n) is 2.17. The highest BCUT2D eigenvalue weighted by Gasteiger charge is 2.16. The first-order chi connectivity index (χ1) is 11.3. The van der Waals surface area contributed by atoms with Crippen molar-refractivity contribution in [1.29, 1.82) is 0 Å². The van der Waals surface area contributed by atoms with Crippen LogP contribution in [0, 0.1) is 0 Å². The fourth-order valence-corrected chi connectivity index (χ4v) is 2.89. The highest BCUT2D eigenvalue weighted by Crippen LogP contribution is 2.15. The Morgan fingerprint density at radius 1 is 1.22 bits per heavy atom. The molecule has 0 atom stereocenters. The molecule has 0 saturated heterocycles. The second-order valence-corrected chi connectivity index (χ2v) is 6.07. The van der Waals surface area contributed by atoms with E-state index in [9.17, 15) is 4.79 Å². The molecule has 3 rings (SSSR count). The Morgan fingerprint density at radius 2 is 2.17 bits per heavy atom. The van der Waals surface area contributed by atoms with Crippen LogP contribution in [0.25, 0.3) is 0 Å². The Morgan fingerprint density at radius 3 is 2.87 bits per heavy atom. The smallest absolute Gasteiger partial charge is 0.318 e. The van der Waals surface area contributed by atoms with Crippen LogP contribution >= 0.6 is 11.3 Å². The van der Waals surface area contributed by atoms with Crippen molar-refractivity contribution in [3.05, 3.63) is 76.6 Å². The van der Waals surface area contributed by atoms with Crippen molar-refractivity contribution < 1.29 is 9.21 Å². The molecule has 3 heterocycles. The number of nitrogens with zero attached hydrogens (tertiary/aromatic N) is 2. The van der Waals surface area contributed by atoms with Gasteiger partial charge in [0.15, 0.2) is 0 Å². The van der Waals surface area contributed by atoms with Crippen molar-refractivity contribution in [3.8, 4) is 0 Å². The van der Waals surface area contributed by atoms with Gasteiger partial charge in [0.05, 0.1) is 19.4 Å². The molecule has 0 fully saturated rings. The Kier molecular flexibility index (Phi) is 5.06. The van der Waals surface area contributed by atoms with Crippen molar-refractivity contribution in [2.75, 3.05) is 0 Å². The molecule has 0 saturated carbocycles. The summed E-state index contributed by atoms with van der Waals surface area (Å²) in [6.07, 6.45) is 5.08. The maximum Gasteiger partial charge on any atom is 0.318 e. The molecule has 23 heavy (non-hydrogen) atoms. The third-order valence-corrected chi connectivity index (χ3v) is 4.17. The second-order valence-electron chi connectivity index (χ2n) is 5.03. The molecular formula is C17H17N3O2S. The van der Waals surface area contributed by atoms with Gasteiger partial charge in [0.25, 0.3) is 0 Å². The van der Waals surface area contributed by atoms with Gasteiger partial charge in [0.1, 0.15) is 5.76 Å². The number of hydrogen-bond acceptors (Lipinski definition) is 4. The number of pyridine rings is 1. The molecule has 1 N–H and O–H groups in total. The molecule has 0 aliphatic carbocycles. The normalized spacial score (nSPS) is 10.4. The van der Waals surface area contributed by atoms with Crippen molar-refractivity contribution in [3.63, 3.8) is 0 Å². The third kappa shape index (κ3) is 4.43. The lowest BCUT2D eigenvalue weighted by Gasteiger charge is -2.21. The summed E-state index contributed by atoms with van der Waals surface area (Å²) in [5, 5.41) is 4.94. The fraction of sp³-hybridized carbons (Fsp3) is 0.176. The van der Waals surface area contributed by atoms with E-state index in [1.165, 1.54) is 0 Å². The summed E-state index contributed by atoms with van der Waals surface area (Å²) in [5.74, 6) is 0.762. The maximum atomic E-state index is 12.5. The maximum absolute atomic E-state index is 12.5. The number of aromatic nitrogens is 1. The zero-order chi connectivity index (χ0) is 15.9. The van der Waals surface area contributed by atoms with E-state index in [-0.39, 0.29) is 6.03 Å². The van der Waals surface area contributed by atoms with Crippen LogP contribution in [0.1, 0.15) is 16.2 Å². The van der Waals surface area contributed by atoms with Crippen molar-refractivity contribution in [1.82, 2.24) is 15.2 Å². The van der Waals surface area contributed by atoms with Gasteiger partial charge in [-0.1, -0.05) is 12.1 Å². The van der Waals surface area contributed by atoms with Crippen LogP contribution in [0.5, 0.6) is 0 Å². The van der Waals surface area contributed by atoms with E-state index in [1.54, 1.807) is 34.9 Å². The molecule has 2 amide bonds. The number of furan rings is 1. The van der Waals surface area contributed by atoms with Gasteiger partial charge in [-0.2, -0.15) is 0 Å². The minimum atomic E-state index is -0.126. The van der Waals surface area contributed by atoms with Gasteiger partial charge < -0.3 is 14.6 Å². The minimum Gasteiger partial charge on any atom is -0.467 e. The highest BCUT2D eigenvalue weighted by atomic mass is 32.1. The summed E-state index contributed by atoms with van der Waals surface area (Å²) < 4.78 is 5.37. The topological polar surface area (TPSA) is 58.4 Å². The molecule has 0 aliphatic rings. The Labute approximate surface area is 138 Å². The third-order valence-electron chi connectivity index (χ3n) is 3.31. The Balaban J connectivity index is 1.65. The number of nitrogens with one attached hydrogen (secondary N) is 1. The predicted octanol–water partition coefficient (Wildman–Crippen LogP) is 3.65. The molecule has 0 spiro atoms. The molecule has 0 aliphatic heterocycles.